The van der Waals surface area contributed by atoms with Crippen molar-refractivity contribution in [3.05, 3.63) is 23.8 Å². The lowest BCUT2D eigenvalue weighted by atomic mass is 10.0. The summed E-state index contributed by atoms with van der Waals surface area (Å²) in [6, 6.07) is 5.84. The predicted octanol–water partition coefficient (Wildman–Crippen LogP) is 1.28. The van der Waals surface area contributed by atoms with Crippen LogP contribution < -0.4 is 10.1 Å². The molecule has 108 valence electrons. The number of rotatable bonds is 4. The molecule has 0 radical (unpaired) electrons. The molecule has 5 heteroatoms. The highest BCUT2D eigenvalue weighted by molar-refractivity contribution is 5.94. The maximum atomic E-state index is 11.4. The minimum atomic E-state index is 0.0861. The third-order valence-electron chi connectivity index (χ3n) is 3.78. The second-order valence-corrected chi connectivity index (χ2v) is 5.13. The Bertz CT molecular complexity index is 484. The smallest absolute Gasteiger partial charge is 0.224 e. The Kier molecular flexibility index (Phi) is 4.18. The summed E-state index contributed by atoms with van der Waals surface area (Å²) in [5.74, 6) is 0.985. The molecule has 1 saturated heterocycles. The Labute approximate surface area is 118 Å². The molecule has 0 aromatic heterocycles. The normalized spacial score (nSPS) is 19.3. The van der Waals surface area contributed by atoms with Crippen molar-refractivity contribution in [2.24, 2.45) is 0 Å². The summed E-state index contributed by atoms with van der Waals surface area (Å²) >= 11 is 0. The van der Waals surface area contributed by atoms with Gasteiger partial charge in [-0.05, 0) is 18.6 Å². The number of benzene rings is 1. The Morgan fingerprint density at radius 2 is 2.10 bits per heavy atom. The number of nitrogens with one attached hydrogen (secondary N) is 1. The van der Waals surface area contributed by atoms with Crippen LogP contribution in [0.4, 0.5) is 5.69 Å². The van der Waals surface area contributed by atoms with E-state index in [1.54, 1.807) is 0 Å². The maximum Gasteiger partial charge on any atom is 0.224 e. The molecule has 1 amide bonds. The summed E-state index contributed by atoms with van der Waals surface area (Å²) in [5.41, 5.74) is 2.01. The first-order valence-electron chi connectivity index (χ1n) is 7.17. The van der Waals surface area contributed by atoms with Crippen molar-refractivity contribution in [3.8, 4) is 5.75 Å². The van der Waals surface area contributed by atoms with E-state index in [0.29, 0.717) is 13.0 Å². The molecule has 0 aliphatic carbocycles. The second-order valence-electron chi connectivity index (χ2n) is 5.13. The highest BCUT2D eigenvalue weighted by Crippen LogP contribution is 2.30. The molecule has 2 aliphatic rings. The monoisotopic (exact) mass is 276 g/mol. The summed E-state index contributed by atoms with van der Waals surface area (Å²) in [4.78, 5) is 13.7. The minimum Gasteiger partial charge on any atom is -0.492 e. The van der Waals surface area contributed by atoms with Crippen LogP contribution in [-0.4, -0.2) is 50.3 Å². The Morgan fingerprint density at radius 3 is 2.95 bits per heavy atom. The van der Waals surface area contributed by atoms with Crippen LogP contribution in [0.15, 0.2) is 18.2 Å². The fraction of sp³-hybridized carbons (Fsp3) is 0.533. The highest BCUT2D eigenvalue weighted by Gasteiger charge is 2.18. The van der Waals surface area contributed by atoms with Gasteiger partial charge in [0, 0.05) is 37.3 Å². The van der Waals surface area contributed by atoms with E-state index in [1.165, 1.54) is 0 Å². The second kappa shape index (κ2) is 6.24. The van der Waals surface area contributed by atoms with Gasteiger partial charge < -0.3 is 14.8 Å². The largest absolute Gasteiger partial charge is 0.492 e. The maximum absolute atomic E-state index is 11.4. The SMILES string of the molecule is O=C1CCc2c(cccc2OCCN2CCOCC2)N1. The van der Waals surface area contributed by atoms with Gasteiger partial charge in [-0.1, -0.05) is 6.07 Å². The first-order valence-corrected chi connectivity index (χ1v) is 7.17. The molecule has 5 nitrogen and oxygen atoms in total. The van der Waals surface area contributed by atoms with Gasteiger partial charge in [0.1, 0.15) is 12.4 Å². The van der Waals surface area contributed by atoms with Crippen molar-refractivity contribution in [3.63, 3.8) is 0 Å². The van der Waals surface area contributed by atoms with E-state index in [1.807, 2.05) is 18.2 Å². The van der Waals surface area contributed by atoms with Crippen LogP contribution in [-0.2, 0) is 16.0 Å². The van der Waals surface area contributed by atoms with Crippen LogP contribution in [0.3, 0.4) is 0 Å². The third kappa shape index (κ3) is 3.11. The number of fused-ring (bicyclic) bond motifs is 1. The van der Waals surface area contributed by atoms with E-state index >= 15 is 0 Å². The van der Waals surface area contributed by atoms with E-state index in [0.717, 1.165) is 56.3 Å². The molecule has 1 N–H and O–H groups in total. The third-order valence-corrected chi connectivity index (χ3v) is 3.78. The first kappa shape index (κ1) is 13.4. The van der Waals surface area contributed by atoms with Gasteiger partial charge in [0.05, 0.1) is 13.2 Å². The molecular weight excluding hydrogens is 256 g/mol. The van der Waals surface area contributed by atoms with Crippen molar-refractivity contribution >= 4 is 11.6 Å². The van der Waals surface area contributed by atoms with Gasteiger partial charge in [-0.25, -0.2) is 0 Å². The van der Waals surface area contributed by atoms with Crippen molar-refractivity contribution in [1.82, 2.24) is 4.90 Å². The summed E-state index contributed by atoms with van der Waals surface area (Å²) in [7, 11) is 0. The van der Waals surface area contributed by atoms with Gasteiger partial charge in [0.15, 0.2) is 0 Å². The van der Waals surface area contributed by atoms with Gasteiger partial charge in [-0.2, -0.15) is 0 Å². The van der Waals surface area contributed by atoms with Gasteiger partial charge >= 0.3 is 0 Å². The Balaban J connectivity index is 1.57. The topological polar surface area (TPSA) is 50.8 Å². The van der Waals surface area contributed by atoms with Crippen LogP contribution in [0.1, 0.15) is 12.0 Å². The Hall–Kier alpha value is -1.59. The lowest BCUT2D eigenvalue weighted by Crippen LogP contribution is -2.38. The summed E-state index contributed by atoms with van der Waals surface area (Å²) in [6.45, 7) is 5.17. The van der Waals surface area contributed by atoms with E-state index in [2.05, 4.69) is 10.2 Å². The van der Waals surface area contributed by atoms with E-state index in [-0.39, 0.29) is 5.91 Å². The van der Waals surface area contributed by atoms with Crippen molar-refractivity contribution in [1.29, 1.82) is 0 Å². The van der Waals surface area contributed by atoms with Crippen LogP contribution in [0.5, 0.6) is 5.75 Å². The van der Waals surface area contributed by atoms with Crippen LogP contribution >= 0.6 is 0 Å². The fourth-order valence-corrected chi connectivity index (χ4v) is 2.64. The molecule has 1 aromatic rings. The van der Waals surface area contributed by atoms with Gasteiger partial charge in [0.2, 0.25) is 5.91 Å². The average Bonchev–Trinajstić information content (AvgIpc) is 2.48. The number of carbonyl (C=O) groups excluding carboxylic acids is 1. The molecular formula is C15H20N2O3. The highest BCUT2D eigenvalue weighted by atomic mass is 16.5. The number of amides is 1. The van der Waals surface area contributed by atoms with E-state index in [9.17, 15) is 4.79 Å². The van der Waals surface area contributed by atoms with Crippen molar-refractivity contribution in [2.45, 2.75) is 12.8 Å². The molecule has 0 unspecified atom stereocenters. The molecule has 1 fully saturated rings. The minimum absolute atomic E-state index is 0.0861. The number of nitrogens with zero attached hydrogens (tertiary/aromatic N) is 1. The number of hydrogen-bond acceptors (Lipinski definition) is 4. The van der Waals surface area contributed by atoms with Gasteiger partial charge in [-0.3, -0.25) is 9.69 Å². The lowest BCUT2D eigenvalue weighted by Gasteiger charge is -2.27. The number of hydrogen-bond donors (Lipinski definition) is 1. The zero-order valence-electron chi connectivity index (χ0n) is 11.6. The first-order chi connectivity index (χ1) is 9.83. The quantitative estimate of drug-likeness (QED) is 0.900. The molecule has 0 spiro atoms. The summed E-state index contributed by atoms with van der Waals surface area (Å²) in [6.07, 6.45) is 1.30. The number of morpholine rings is 1. The van der Waals surface area contributed by atoms with E-state index < -0.39 is 0 Å². The molecule has 0 saturated carbocycles. The molecule has 0 bridgehead atoms. The van der Waals surface area contributed by atoms with E-state index in [4.69, 9.17) is 9.47 Å². The molecule has 20 heavy (non-hydrogen) atoms. The molecule has 2 aliphatic heterocycles. The number of ether oxygens (including phenoxy) is 2. The fourth-order valence-electron chi connectivity index (χ4n) is 2.64. The van der Waals surface area contributed by atoms with Crippen molar-refractivity contribution < 1.29 is 14.3 Å². The summed E-state index contributed by atoms with van der Waals surface area (Å²) < 4.78 is 11.2. The molecule has 2 heterocycles. The molecule has 1 aromatic carbocycles. The number of carbonyl (C=O) groups is 1. The molecule has 0 atom stereocenters. The summed E-state index contributed by atoms with van der Waals surface area (Å²) in [5, 5.41) is 2.89. The lowest BCUT2D eigenvalue weighted by molar-refractivity contribution is -0.116. The standard InChI is InChI=1S/C15H20N2O3/c18-15-5-4-12-13(16-15)2-1-3-14(12)20-11-8-17-6-9-19-10-7-17/h1-3H,4-11H2,(H,16,18). The predicted molar refractivity (Wildman–Crippen MR) is 76.1 cm³/mol. The molecule has 3 rings (SSSR count). The average molecular weight is 276 g/mol. The number of anilines is 1. The van der Waals surface area contributed by atoms with Crippen LogP contribution in [0.2, 0.25) is 0 Å². The van der Waals surface area contributed by atoms with Gasteiger partial charge in [-0.15, -0.1) is 0 Å². The van der Waals surface area contributed by atoms with Crippen LogP contribution in [0.25, 0.3) is 0 Å². The van der Waals surface area contributed by atoms with Gasteiger partial charge in [0.25, 0.3) is 0 Å². The zero-order valence-corrected chi connectivity index (χ0v) is 11.6. The van der Waals surface area contributed by atoms with Crippen molar-refractivity contribution in [2.75, 3.05) is 44.8 Å². The Morgan fingerprint density at radius 1 is 1.25 bits per heavy atom. The zero-order chi connectivity index (χ0) is 13.8. The van der Waals surface area contributed by atoms with Crippen LogP contribution in [0, 0.1) is 0 Å².